The molecule has 0 saturated heterocycles. The number of nitrogens with one attached hydrogen (secondary N) is 1. The van der Waals surface area contributed by atoms with Gasteiger partial charge in [-0.05, 0) is 30.9 Å². The Hall–Kier alpha value is -3.10. The summed E-state index contributed by atoms with van der Waals surface area (Å²) in [6.45, 7) is 3.82. The van der Waals surface area contributed by atoms with Crippen LogP contribution in [0.5, 0.6) is 0 Å². The highest BCUT2D eigenvalue weighted by atomic mass is 32.1. The van der Waals surface area contributed by atoms with Gasteiger partial charge in [0.1, 0.15) is 5.82 Å². The fraction of sp³-hybridized carbons (Fsp3) is 0.238. The molecule has 7 nitrogen and oxygen atoms in total. The molecule has 8 heteroatoms. The van der Waals surface area contributed by atoms with Gasteiger partial charge in [0.15, 0.2) is 10.6 Å². The molecule has 0 unspecified atom stereocenters. The molecule has 2 heterocycles. The highest BCUT2D eigenvalue weighted by Crippen LogP contribution is 2.17. The average Bonchev–Trinajstić information content (AvgIpc) is 3.02. The minimum atomic E-state index is -0.123. The van der Waals surface area contributed by atoms with Crippen molar-refractivity contribution in [1.29, 1.82) is 0 Å². The number of hydrogen-bond donors (Lipinski definition) is 1. The van der Waals surface area contributed by atoms with E-state index in [-0.39, 0.29) is 5.56 Å². The Morgan fingerprint density at radius 2 is 1.83 bits per heavy atom. The molecule has 2 aromatic heterocycles. The van der Waals surface area contributed by atoms with Crippen molar-refractivity contribution >= 4 is 23.1 Å². The Bertz CT molecular complexity index is 1260. The van der Waals surface area contributed by atoms with E-state index in [1.165, 1.54) is 0 Å². The predicted molar refractivity (Wildman–Crippen MR) is 116 cm³/mol. The Morgan fingerprint density at radius 1 is 1.10 bits per heavy atom. The molecule has 148 valence electrons. The van der Waals surface area contributed by atoms with Crippen LogP contribution in [0.4, 0.5) is 0 Å². The molecule has 1 N–H and O–H groups in total. The fourth-order valence-corrected chi connectivity index (χ4v) is 3.48. The van der Waals surface area contributed by atoms with E-state index < -0.39 is 0 Å². The van der Waals surface area contributed by atoms with Crippen LogP contribution in [0.3, 0.4) is 0 Å². The molecule has 4 rings (SSSR count). The van der Waals surface area contributed by atoms with Crippen LogP contribution in [0.1, 0.15) is 12.7 Å². The van der Waals surface area contributed by atoms with E-state index in [2.05, 4.69) is 21.8 Å². The summed E-state index contributed by atoms with van der Waals surface area (Å²) in [6, 6.07) is 17.3. The third-order valence-corrected chi connectivity index (χ3v) is 5.37. The number of rotatable bonds is 6. The summed E-state index contributed by atoms with van der Waals surface area (Å²) in [5.41, 5.74) is 1.59. The number of para-hydroxylation sites is 1. The number of H-pyrrole nitrogens is 1. The molecule has 0 saturated carbocycles. The Morgan fingerprint density at radius 3 is 2.59 bits per heavy atom. The van der Waals surface area contributed by atoms with Gasteiger partial charge in [0, 0.05) is 12.6 Å². The monoisotopic (exact) mass is 406 g/mol. The van der Waals surface area contributed by atoms with E-state index in [1.807, 2.05) is 60.1 Å². The van der Waals surface area contributed by atoms with Crippen molar-refractivity contribution in [2.75, 3.05) is 6.54 Å². The summed E-state index contributed by atoms with van der Waals surface area (Å²) >= 11 is 5.59. The molecule has 0 aliphatic heterocycles. The van der Waals surface area contributed by atoms with Crippen molar-refractivity contribution in [3.05, 3.63) is 75.5 Å². The van der Waals surface area contributed by atoms with E-state index in [4.69, 9.17) is 17.3 Å². The molecule has 0 amide bonds. The molecule has 0 atom stereocenters. The summed E-state index contributed by atoms with van der Waals surface area (Å²) in [7, 11) is 1.92. The van der Waals surface area contributed by atoms with Gasteiger partial charge < -0.3 is 9.55 Å². The van der Waals surface area contributed by atoms with E-state index in [9.17, 15) is 4.79 Å². The zero-order valence-electron chi connectivity index (χ0n) is 16.4. The predicted octanol–water partition coefficient (Wildman–Crippen LogP) is 3.33. The van der Waals surface area contributed by atoms with Gasteiger partial charge in [-0.1, -0.05) is 49.4 Å². The minimum absolute atomic E-state index is 0.123. The van der Waals surface area contributed by atoms with Gasteiger partial charge in [-0.25, -0.2) is 9.67 Å². The van der Waals surface area contributed by atoms with Gasteiger partial charge in [0.2, 0.25) is 0 Å². The molecule has 0 fully saturated rings. The van der Waals surface area contributed by atoms with E-state index in [0.29, 0.717) is 34.7 Å². The first kappa shape index (κ1) is 19.2. The maximum Gasteiger partial charge on any atom is 0.258 e. The second-order valence-corrected chi connectivity index (χ2v) is 7.21. The number of hydrogen-bond acceptors (Lipinski definition) is 5. The van der Waals surface area contributed by atoms with Gasteiger partial charge in [-0.2, -0.15) is 5.10 Å². The smallest absolute Gasteiger partial charge is 0.258 e. The van der Waals surface area contributed by atoms with Gasteiger partial charge in [-0.15, -0.1) is 0 Å². The number of nitrogens with zero attached hydrogens (tertiary/aromatic N) is 5. The van der Waals surface area contributed by atoms with Gasteiger partial charge >= 0.3 is 0 Å². The quantitative estimate of drug-likeness (QED) is 0.497. The Kier molecular flexibility index (Phi) is 5.37. The third kappa shape index (κ3) is 3.90. The lowest BCUT2D eigenvalue weighted by molar-refractivity contribution is 0.202. The van der Waals surface area contributed by atoms with E-state index in [1.54, 1.807) is 10.7 Å². The summed E-state index contributed by atoms with van der Waals surface area (Å²) in [4.78, 5) is 22.0. The third-order valence-electron chi connectivity index (χ3n) is 4.89. The van der Waals surface area contributed by atoms with Crippen LogP contribution in [-0.4, -0.2) is 35.8 Å². The van der Waals surface area contributed by atoms with Crippen molar-refractivity contribution < 1.29 is 0 Å². The Balaban J connectivity index is 1.60. The molecule has 4 aromatic rings. The number of benzene rings is 2. The normalized spacial score (nSPS) is 11.4. The molecular weight excluding hydrogens is 384 g/mol. The van der Waals surface area contributed by atoms with Crippen molar-refractivity contribution in [2.45, 2.75) is 20.1 Å². The molecular formula is C21H22N6OS. The van der Waals surface area contributed by atoms with E-state index in [0.717, 1.165) is 17.9 Å². The number of fused-ring (bicyclic) bond motifs is 1. The lowest BCUT2D eigenvalue weighted by Gasteiger charge is -2.19. The van der Waals surface area contributed by atoms with Crippen LogP contribution in [0.2, 0.25) is 0 Å². The minimum Gasteiger partial charge on any atom is -0.309 e. The first-order chi connectivity index (χ1) is 14.1. The highest BCUT2D eigenvalue weighted by Gasteiger charge is 2.14. The SMILES string of the molecule is CCN(Cc1nc2ccccc2c(=O)[nH]1)Cn1nc(-c2ccccc2)n(C)c1=S. The van der Waals surface area contributed by atoms with Gasteiger partial charge in [0.05, 0.1) is 24.1 Å². The summed E-state index contributed by atoms with van der Waals surface area (Å²) in [6.07, 6.45) is 0. The summed E-state index contributed by atoms with van der Waals surface area (Å²) in [5.74, 6) is 1.45. The van der Waals surface area contributed by atoms with Gasteiger partial charge in [-0.3, -0.25) is 9.69 Å². The number of aromatic amines is 1. The molecule has 0 aliphatic carbocycles. The highest BCUT2D eigenvalue weighted by molar-refractivity contribution is 7.71. The molecule has 0 spiro atoms. The first-order valence-electron chi connectivity index (χ1n) is 9.46. The molecule has 2 aromatic carbocycles. The van der Waals surface area contributed by atoms with Crippen molar-refractivity contribution in [2.24, 2.45) is 7.05 Å². The number of aromatic nitrogens is 5. The van der Waals surface area contributed by atoms with Crippen molar-refractivity contribution in [1.82, 2.24) is 29.2 Å². The largest absolute Gasteiger partial charge is 0.309 e. The van der Waals surface area contributed by atoms with Crippen molar-refractivity contribution in [3.8, 4) is 11.4 Å². The standard InChI is InChI=1S/C21H22N6OS/c1-3-26(13-18-22-17-12-8-7-11-16(17)20(28)23-18)14-27-21(29)25(2)19(24-27)15-9-5-4-6-10-15/h4-12H,3,13-14H2,1-2H3,(H,22,23,28). The molecule has 0 radical (unpaired) electrons. The lowest BCUT2D eigenvalue weighted by Crippen LogP contribution is -2.28. The van der Waals surface area contributed by atoms with Crippen LogP contribution < -0.4 is 5.56 Å². The zero-order valence-corrected chi connectivity index (χ0v) is 17.2. The van der Waals surface area contributed by atoms with Crippen LogP contribution in [0, 0.1) is 4.77 Å². The van der Waals surface area contributed by atoms with Crippen LogP contribution >= 0.6 is 12.2 Å². The average molecular weight is 407 g/mol. The molecule has 29 heavy (non-hydrogen) atoms. The maximum absolute atomic E-state index is 12.3. The maximum atomic E-state index is 12.3. The van der Waals surface area contributed by atoms with Crippen LogP contribution in [0.25, 0.3) is 22.3 Å². The molecule has 0 bridgehead atoms. The topological polar surface area (TPSA) is 71.7 Å². The summed E-state index contributed by atoms with van der Waals surface area (Å²) < 4.78 is 4.36. The van der Waals surface area contributed by atoms with Crippen LogP contribution in [0.15, 0.2) is 59.4 Å². The second-order valence-electron chi connectivity index (χ2n) is 6.85. The van der Waals surface area contributed by atoms with Crippen LogP contribution in [-0.2, 0) is 20.3 Å². The van der Waals surface area contributed by atoms with E-state index >= 15 is 0 Å². The first-order valence-corrected chi connectivity index (χ1v) is 9.87. The molecule has 0 aliphatic rings. The summed E-state index contributed by atoms with van der Waals surface area (Å²) in [5, 5.41) is 5.31. The zero-order chi connectivity index (χ0) is 20.4. The van der Waals surface area contributed by atoms with Crippen molar-refractivity contribution in [3.63, 3.8) is 0 Å². The second kappa shape index (κ2) is 8.10. The lowest BCUT2D eigenvalue weighted by atomic mass is 10.2. The fourth-order valence-electron chi connectivity index (χ4n) is 3.29. The van der Waals surface area contributed by atoms with Gasteiger partial charge in [0.25, 0.3) is 5.56 Å². The Labute approximate surface area is 173 Å².